The van der Waals surface area contributed by atoms with Crippen molar-refractivity contribution in [2.45, 2.75) is 45.7 Å². The van der Waals surface area contributed by atoms with E-state index in [2.05, 4.69) is 15.2 Å². The van der Waals surface area contributed by atoms with E-state index in [0.29, 0.717) is 0 Å². The molecule has 5 nitrogen and oxygen atoms in total. The molecule has 2 heterocycles. The number of amides is 1. The first-order valence-electron chi connectivity index (χ1n) is 7.60. The van der Waals surface area contributed by atoms with E-state index in [1.807, 2.05) is 45.2 Å². The van der Waals surface area contributed by atoms with Gasteiger partial charge in [0, 0.05) is 25.3 Å². The zero-order chi connectivity index (χ0) is 15.5. The topological polar surface area (TPSA) is 71.2 Å². The quantitative estimate of drug-likeness (QED) is 0.886. The van der Waals surface area contributed by atoms with Gasteiger partial charge in [0.2, 0.25) is 5.91 Å². The molecule has 5 heteroatoms. The molecule has 1 aliphatic rings. The van der Waals surface area contributed by atoms with Gasteiger partial charge < -0.3 is 16.0 Å². The fourth-order valence-electron chi connectivity index (χ4n) is 2.48. The molecule has 1 aromatic heterocycles. The number of nitrogens with zero attached hydrogens (tertiary/aromatic N) is 2. The van der Waals surface area contributed by atoms with Gasteiger partial charge in [-0.05, 0) is 30.4 Å². The van der Waals surface area contributed by atoms with Crippen molar-refractivity contribution in [3.63, 3.8) is 0 Å². The lowest BCUT2D eigenvalue weighted by atomic mass is 9.86. The zero-order valence-corrected chi connectivity index (χ0v) is 13.2. The average molecular weight is 290 g/mol. The Balaban J connectivity index is 1.83. The Morgan fingerprint density at radius 3 is 2.57 bits per heavy atom. The van der Waals surface area contributed by atoms with Crippen molar-refractivity contribution in [1.29, 1.82) is 0 Å². The van der Waals surface area contributed by atoms with E-state index in [1.54, 1.807) is 0 Å². The van der Waals surface area contributed by atoms with Crippen LogP contribution < -0.4 is 16.0 Å². The van der Waals surface area contributed by atoms with E-state index in [0.717, 1.165) is 31.7 Å². The predicted octanol–water partition coefficient (Wildman–Crippen LogP) is 1.54. The van der Waals surface area contributed by atoms with Crippen molar-refractivity contribution in [3.8, 4) is 0 Å². The Kier molecular flexibility index (Phi) is 4.83. The van der Waals surface area contributed by atoms with Crippen molar-refractivity contribution in [2.24, 2.45) is 11.1 Å². The molecule has 21 heavy (non-hydrogen) atoms. The number of anilines is 1. The SMILES string of the molecule is CC(C)(C)[C@@H](N)C(=O)NC1CCN(c2ccccn2)CC1. The summed E-state index contributed by atoms with van der Waals surface area (Å²) < 4.78 is 0. The minimum atomic E-state index is -0.466. The summed E-state index contributed by atoms with van der Waals surface area (Å²) in [6.45, 7) is 7.78. The summed E-state index contributed by atoms with van der Waals surface area (Å²) in [5.41, 5.74) is 5.79. The van der Waals surface area contributed by atoms with Crippen LogP contribution >= 0.6 is 0 Å². The average Bonchev–Trinajstić information content (AvgIpc) is 2.47. The fourth-order valence-corrected chi connectivity index (χ4v) is 2.48. The van der Waals surface area contributed by atoms with Crippen LogP contribution in [0.4, 0.5) is 5.82 Å². The molecule has 0 radical (unpaired) electrons. The monoisotopic (exact) mass is 290 g/mol. The molecule has 0 spiro atoms. The van der Waals surface area contributed by atoms with Gasteiger partial charge >= 0.3 is 0 Å². The largest absolute Gasteiger partial charge is 0.356 e. The smallest absolute Gasteiger partial charge is 0.237 e. The second-order valence-electron chi connectivity index (χ2n) is 6.80. The Hall–Kier alpha value is -1.62. The molecule has 1 atom stereocenters. The van der Waals surface area contributed by atoms with Gasteiger partial charge in [-0.2, -0.15) is 0 Å². The summed E-state index contributed by atoms with van der Waals surface area (Å²) in [7, 11) is 0. The van der Waals surface area contributed by atoms with E-state index >= 15 is 0 Å². The fraction of sp³-hybridized carbons (Fsp3) is 0.625. The highest BCUT2D eigenvalue weighted by Crippen LogP contribution is 2.20. The maximum atomic E-state index is 12.1. The van der Waals surface area contributed by atoms with Crippen molar-refractivity contribution >= 4 is 11.7 Å². The van der Waals surface area contributed by atoms with E-state index in [9.17, 15) is 4.79 Å². The molecule has 1 fully saturated rings. The van der Waals surface area contributed by atoms with Gasteiger partial charge in [-0.1, -0.05) is 26.8 Å². The van der Waals surface area contributed by atoms with Crippen molar-refractivity contribution < 1.29 is 4.79 Å². The summed E-state index contributed by atoms with van der Waals surface area (Å²) >= 11 is 0. The molecule has 0 aromatic carbocycles. The van der Waals surface area contributed by atoms with E-state index in [4.69, 9.17) is 5.73 Å². The number of hydrogen-bond donors (Lipinski definition) is 2. The summed E-state index contributed by atoms with van der Waals surface area (Å²) in [6, 6.07) is 5.69. The highest BCUT2D eigenvalue weighted by Gasteiger charge is 2.30. The number of aromatic nitrogens is 1. The van der Waals surface area contributed by atoms with Crippen molar-refractivity contribution in [3.05, 3.63) is 24.4 Å². The van der Waals surface area contributed by atoms with Crippen LogP contribution in [0.3, 0.4) is 0 Å². The molecule has 2 rings (SSSR count). The van der Waals surface area contributed by atoms with Gasteiger partial charge in [-0.15, -0.1) is 0 Å². The molecule has 116 valence electrons. The lowest BCUT2D eigenvalue weighted by Gasteiger charge is -2.34. The number of nitrogens with two attached hydrogens (primary N) is 1. The first kappa shape index (κ1) is 15.8. The maximum absolute atomic E-state index is 12.1. The van der Waals surface area contributed by atoms with Gasteiger partial charge in [-0.25, -0.2) is 4.98 Å². The van der Waals surface area contributed by atoms with E-state index in [1.165, 1.54) is 0 Å². The number of nitrogens with one attached hydrogen (secondary N) is 1. The highest BCUT2D eigenvalue weighted by molar-refractivity contribution is 5.82. The third-order valence-electron chi connectivity index (χ3n) is 4.03. The number of rotatable bonds is 3. The molecule has 1 aliphatic heterocycles. The predicted molar refractivity (Wildman–Crippen MR) is 85.0 cm³/mol. The minimum absolute atomic E-state index is 0.0428. The number of carbonyl (C=O) groups is 1. The van der Waals surface area contributed by atoms with Gasteiger partial charge in [0.05, 0.1) is 6.04 Å². The second-order valence-corrected chi connectivity index (χ2v) is 6.80. The van der Waals surface area contributed by atoms with E-state index in [-0.39, 0.29) is 17.4 Å². The molecular formula is C16H26N4O. The lowest BCUT2D eigenvalue weighted by Crippen LogP contribution is -2.53. The number of hydrogen-bond acceptors (Lipinski definition) is 4. The van der Waals surface area contributed by atoms with Crippen molar-refractivity contribution in [1.82, 2.24) is 10.3 Å². The molecule has 0 saturated carbocycles. The minimum Gasteiger partial charge on any atom is -0.356 e. The normalized spacial score (nSPS) is 18.4. The summed E-state index contributed by atoms with van der Waals surface area (Å²) in [4.78, 5) is 18.8. The Bertz CT molecular complexity index is 461. The van der Waals surface area contributed by atoms with Crippen LogP contribution in [0.2, 0.25) is 0 Å². The third kappa shape index (κ3) is 4.17. The Morgan fingerprint density at radius 1 is 1.38 bits per heavy atom. The van der Waals surface area contributed by atoms with Crippen LogP contribution in [0.25, 0.3) is 0 Å². The second kappa shape index (κ2) is 6.43. The zero-order valence-electron chi connectivity index (χ0n) is 13.2. The molecule has 0 unspecified atom stereocenters. The standard InChI is InChI=1S/C16H26N4O/c1-16(2,3)14(17)15(21)19-12-7-10-20(11-8-12)13-6-4-5-9-18-13/h4-6,9,12,14H,7-8,10-11,17H2,1-3H3,(H,19,21)/t14-/m0/s1. The highest BCUT2D eigenvalue weighted by atomic mass is 16.2. The van der Waals surface area contributed by atoms with Crippen LogP contribution in [0, 0.1) is 5.41 Å². The third-order valence-corrected chi connectivity index (χ3v) is 4.03. The van der Waals surface area contributed by atoms with Crippen molar-refractivity contribution in [2.75, 3.05) is 18.0 Å². The van der Waals surface area contributed by atoms with Crippen LogP contribution in [0.1, 0.15) is 33.6 Å². The molecular weight excluding hydrogens is 264 g/mol. The molecule has 1 amide bonds. The maximum Gasteiger partial charge on any atom is 0.237 e. The van der Waals surface area contributed by atoms with Crippen LogP contribution in [-0.4, -0.2) is 36.1 Å². The summed E-state index contributed by atoms with van der Waals surface area (Å²) in [5, 5.41) is 3.09. The van der Waals surface area contributed by atoms with Gasteiger partial charge in [0.1, 0.15) is 5.82 Å². The van der Waals surface area contributed by atoms with Crippen LogP contribution in [0.5, 0.6) is 0 Å². The summed E-state index contributed by atoms with van der Waals surface area (Å²) in [5.74, 6) is 0.965. The van der Waals surface area contributed by atoms with Crippen LogP contribution in [-0.2, 0) is 4.79 Å². The van der Waals surface area contributed by atoms with Crippen LogP contribution in [0.15, 0.2) is 24.4 Å². The van der Waals surface area contributed by atoms with Gasteiger partial charge in [0.25, 0.3) is 0 Å². The first-order valence-corrected chi connectivity index (χ1v) is 7.60. The Labute approximate surface area is 126 Å². The molecule has 0 aliphatic carbocycles. The molecule has 3 N–H and O–H groups in total. The lowest BCUT2D eigenvalue weighted by molar-refractivity contribution is -0.125. The Morgan fingerprint density at radius 2 is 2.05 bits per heavy atom. The van der Waals surface area contributed by atoms with Gasteiger partial charge in [0.15, 0.2) is 0 Å². The van der Waals surface area contributed by atoms with Gasteiger partial charge in [-0.3, -0.25) is 4.79 Å². The summed E-state index contributed by atoms with van der Waals surface area (Å²) in [6.07, 6.45) is 3.67. The number of carbonyl (C=O) groups excluding carboxylic acids is 1. The molecule has 0 bridgehead atoms. The first-order chi connectivity index (χ1) is 9.88. The van der Waals surface area contributed by atoms with E-state index < -0.39 is 6.04 Å². The number of piperidine rings is 1. The molecule has 1 saturated heterocycles. The molecule has 1 aromatic rings. The number of pyridine rings is 1.